The first-order valence-electron chi connectivity index (χ1n) is 5.94. The van der Waals surface area contributed by atoms with E-state index in [1.807, 2.05) is 0 Å². The number of benzene rings is 1. The minimum atomic E-state index is -3.68. The molecular weight excluding hydrogens is 307 g/mol. The van der Waals surface area contributed by atoms with Crippen molar-refractivity contribution >= 4 is 38.9 Å². The van der Waals surface area contributed by atoms with E-state index in [1.165, 1.54) is 16.4 Å². The van der Waals surface area contributed by atoms with Crippen LogP contribution >= 0.6 is 23.2 Å². The Kier molecular flexibility index (Phi) is 4.02. The molecule has 2 unspecified atom stereocenters. The first-order chi connectivity index (χ1) is 8.73. The van der Waals surface area contributed by atoms with Gasteiger partial charge in [0.2, 0.25) is 10.0 Å². The predicted octanol–water partition coefficient (Wildman–Crippen LogP) is 2.85. The van der Waals surface area contributed by atoms with Gasteiger partial charge >= 0.3 is 0 Å². The molecule has 1 aromatic carbocycles. The van der Waals surface area contributed by atoms with Gasteiger partial charge in [0.25, 0.3) is 0 Å². The summed E-state index contributed by atoms with van der Waals surface area (Å²) in [7, 11) is -2.14. The normalized spacial score (nSPS) is 22.8. The van der Waals surface area contributed by atoms with Gasteiger partial charge in [-0.15, -0.1) is 0 Å². The Morgan fingerprint density at radius 3 is 2.26 bits per heavy atom. The molecule has 2 rings (SSSR count). The molecule has 106 valence electrons. The van der Waals surface area contributed by atoms with Crippen LogP contribution in [0.1, 0.15) is 13.3 Å². The molecule has 19 heavy (non-hydrogen) atoms. The third-order valence-corrected chi connectivity index (χ3v) is 6.20. The molecular formula is C12H16Cl2N2O2S. The van der Waals surface area contributed by atoms with E-state index in [9.17, 15) is 8.42 Å². The van der Waals surface area contributed by atoms with Gasteiger partial charge in [-0.25, -0.2) is 12.7 Å². The molecule has 0 aromatic heterocycles. The van der Waals surface area contributed by atoms with Crippen molar-refractivity contribution in [1.29, 1.82) is 0 Å². The van der Waals surface area contributed by atoms with Crippen molar-refractivity contribution in [2.45, 2.75) is 18.2 Å². The van der Waals surface area contributed by atoms with Crippen molar-refractivity contribution in [3.63, 3.8) is 0 Å². The average Bonchev–Trinajstić information content (AvgIpc) is 2.91. The molecule has 1 fully saturated rings. The highest BCUT2D eigenvalue weighted by molar-refractivity contribution is 7.89. The average molecular weight is 323 g/mol. The maximum Gasteiger partial charge on any atom is 0.245 e. The van der Waals surface area contributed by atoms with Crippen molar-refractivity contribution < 1.29 is 8.42 Å². The fraction of sp³-hybridized carbons (Fsp3) is 0.500. The number of halogens is 2. The zero-order valence-electron chi connectivity index (χ0n) is 10.7. The van der Waals surface area contributed by atoms with E-state index in [-0.39, 0.29) is 14.9 Å². The number of anilines is 1. The lowest BCUT2D eigenvalue weighted by atomic mass is 10.3. The number of sulfonamides is 1. The van der Waals surface area contributed by atoms with E-state index < -0.39 is 10.0 Å². The van der Waals surface area contributed by atoms with Gasteiger partial charge < -0.3 is 5.73 Å². The first-order valence-corrected chi connectivity index (χ1v) is 8.14. The topological polar surface area (TPSA) is 63.4 Å². The SMILES string of the molecule is CC1CC1CN(C)S(=O)(=O)c1c(Cl)cc(N)cc1Cl. The van der Waals surface area contributed by atoms with E-state index in [0.717, 1.165) is 6.42 Å². The molecule has 0 bridgehead atoms. The number of nitrogen functional groups attached to an aromatic ring is 1. The lowest BCUT2D eigenvalue weighted by molar-refractivity contribution is 0.445. The number of nitrogens with two attached hydrogens (primary N) is 1. The quantitative estimate of drug-likeness (QED) is 0.867. The highest BCUT2D eigenvalue weighted by Crippen LogP contribution is 2.40. The highest BCUT2D eigenvalue weighted by Gasteiger charge is 2.37. The van der Waals surface area contributed by atoms with Gasteiger partial charge in [0, 0.05) is 19.3 Å². The van der Waals surface area contributed by atoms with Crippen LogP contribution in [0.25, 0.3) is 0 Å². The first kappa shape index (κ1) is 14.9. The molecule has 0 heterocycles. The van der Waals surface area contributed by atoms with Crippen molar-refractivity contribution in [3.8, 4) is 0 Å². The number of hydrogen-bond acceptors (Lipinski definition) is 3. The molecule has 1 aliphatic carbocycles. The molecule has 2 atom stereocenters. The molecule has 0 aliphatic heterocycles. The molecule has 0 saturated heterocycles. The largest absolute Gasteiger partial charge is 0.399 e. The van der Waals surface area contributed by atoms with Crippen LogP contribution in [0.2, 0.25) is 10.0 Å². The van der Waals surface area contributed by atoms with E-state index in [2.05, 4.69) is 6.92 Å². The minimum absolute atomic E-state index is 0.0562. The predicted molar refractivity (Wildman–Crippen MR) is 78.0 cm³/mol. The summed E-state index contributed by atoms with van der Waals surface area (Å²) in [6, 6.07) is 2.79. The van der Waals surface area contributed by atoms with E-state index >= 15 is 0 Å². The summed E-state index contributed by atoms with van der Waals surface area (Å²) >= 11 is 11.9. The fourth-order valence-corrected chi connectivity index (χ4v) is 4.46. The van der Waals surface area contributed by atoms with Crippen molar-refractivity contribution in [2.24, 2.45) is 11.8 Å². The Morgan fingerprint density at radius 2 is 1.84 bits per heavy atom. The fourth-order valence-electron chi connectivity index (χ4n) is 2.06. The summed E-state index contributed by atoms with van der Waals surface area (Å²) < 4.78 is 26.3. The zero-order valence-corrected chi connectivity index (χ0v) is 13.1. The van der Waals surface area contributed by atoms with Gasteiger partial charge in [0.15, 0.2) is 0 Å². The Hall–Kier alpha value is -0.490. The van der Waals surface area contributed by atoms with Gasteiger partial charge in [0.05, 0.1) is 10.0 Å². The lowest BCUT2D eigenvalue weighted by Crippen LogP contribution is -2.29. The van der Waals surface area contributed by atoms with Crippen LogP contribution in [0, 0.1) is 11.8 Å². The molecule has 0 spiro atoms. The van der Waals surface area contributed by atoms with Crippen LogP contribution in [-0.2, 0) is 10.0 Å². The summed E-state index contributed by atoms with van der Waals surface area (Å²) in [5, 5.41) is 0.112. The molecule has 0 amide bonds. The smallest absolute Gasteiger partial charge is 0.245 e. The molecule has 1 aromatic rings. The Labute approximate surface area is 123 Å². The second-order valence-corrected chi connectivity index (χ2v) is 7.87. The number of hydrogen-bond donors (Lipinski definition) is 1. The van der Waals surface area contributed by atoms with Crippen molar-refractivity contribution in [2.75, 3.05) is 19.3 Å². The van der Waals surface area contributed by atoms with E-state index in [4.69, 9.17) is 28.9 Å². The van der Waals surface area contributed by atoms with Crippen LogP contribution in [0.3, 0.4) is 0 Å². The van der Waals surface area contributed by atoms with Crippen LogP contribution in [0.15, 0.2) is 17.0 Å². The summed E-state index contributed by atoms with van der Waals surface area (Å²) in [6.07, 6.45) is 1.06. The monoisotopic (exact) mass is 322 g/mol. The molecule has 4 nitrogen and oxygen atoms in total. The Morgan fingerprint density at radius 1 is 1.37 bits per heavy atom. The van der Waals surface area contributed by atoms with Gasteiger partial charge in [-0.3, -0.25) is 0 Å². The maximum atomic E-state index is 12.5. The molecule has 0 radical (unpaired) electrons. The highest BCUT2D eigenvalue weighted by atomic mass is 35.5. The summed E-state index contributed by atoms with van der Waals surface area (Å²) in [5.41, 5.74) is 5.92. The second-order valence-electron chi connectivity index (χ2n) is 5.07. The standard InChI is InChI=1S/C12H16Cl2N2O2S/c1-7-3-8(7)6-16(2)19(17,18)12-10(13)4-9(15)5-11(12)14/h4-5,7-8H,3,6,15H2,1-2H3. The Bertz CT molecular complexity index is 581. The van der Waals surface area contributed by atoms with Crippen LogP contribution in [0.5, 0.6) is 0 Å². The summed E-state index contributed by atoms with van der Waals surface area (Å²) in [5.74, 6) is 1.00. The van der Waals surface area contributed by atoms with Crippen LogP contribution in [-0.4, -0.2) is 26.3 Å². The Balaban J connectivity index is 2.33. The maximum absolute atomic E-state index is 12.5. The van der Waals surface area contributed by atoms with Gasteiger partial charge in [-0.1, -0.05) is 30.1 Å². The lowest BCUT2D eigenvalue weighted by Gasteiger charge is -2.19. The third kappa shape index (κ3) is 2.99. The van der Waals surface area contributed by atoms with E-state index in [1.54, 1.807) is 7.05 Å². The van der Waals surface area contributed by atoms with Gasteiger partial charge in [-0.05, 0) is 30.4 Å². The summed E-state index contributed by atoms with van der Waals surface area (Å²) in [6.45, 7) is 2.59. The zero-order chi connectivity index (χ0) is 14.4. The second kappa shape index (κ2) is 5.13. The van der Waals surface area contributed by atoms with Gasteiger partial charge in [-0.2, -0.15) is 0 Å². The van der Waals surface area contributed by atoms with Crippen molar-refractivity contribution in [3.05, 3.63) is 22.2 Å². The molecule has 1 aliphatic rings. The van der Waals surface area contributed by atoms with Gasteiger partial charge in [0.1, 0.15) is 4.90 Å². The number of nitrogens with zero attached hydrogens (tertiary/aromatic N) is 1. The third-order valence-electron chi connectivity index (χ3n) is 3.46. The summed E-state index contributed by atoms with van der Waals surface area (Å²) in [4.78, 5) is -0.0687. The number of rotatable bonds is 4. The van der Waals surface area contributed by atoms with E-state index in [0.29, 0.717) is 24.1 Å². The molecule has 2 N–H and O–H groups in total. The van der Waals surface area contributed by atoms with Crippen molar-refractivity contribution in [1.82, 2.24) is 4.31 Å². The van der Waals surface area contributed by atoms with Crippen LogP contribution < -0.4 is 5.73 Å². The molecule has 1 saturated carbocycles. The minimum Gasteiger partial charge on any atom is -0.399 e. The molecule has 7 heteroatoms. The van der Waals surface area contributed by atoms with Crippen LogP contribution in [0.4, 0.5) is 5.69 Å².